The summed E-state index contributed by atoms with van der Waals surface area (Å²) in [7, 11) is 0. The summed E-state index contributed by atoms with van der Waals surface area (Å²) in [6.07, 6.45) is 0. The van der Waals surface area contributed by atoms with Gasteiger partial charge in [0.15, 0.2) is 0 Å². The summed E-state index contributed by atoms with van der Waals surface area (Å²) in [6, 6.07) is 0. The molecule has 0 spiro atoms. The molecule has 0 heterocycles. The number of aliphatic hydroxyl groups is 2. The van der Waals surface area contributed by atoms with Crippen LogP contribution < -0.4 is 0 Å². The second-order valence-corrected chi connectivity index (χ2v) is 3.15. The molecule has 0 amide bonds. The minimum absolute atomic E-state index is 0. The van der Waals surface area contributed by atoms with Gasteiger partial charge < -0.3 is 10.2 Å². The molecule has 0 aromatic carbocycles. The first-order chi connectivity index (χ1) is 4.54. The van der Waals surface area contributed by atoms with Crippen LogP contribution in [-0.2, 0) is 21.7 Å². The Labute approximate surface area is 109 Å². The van der Waals surface area contributed by atoms with Crippen molar-refractivity contribution in [2.75, 3.05) is 13.2 Å². The van der Waals surface area contributed by atoms with Crippen molar-refractivity contribution < 1.29 is 31.9 Å². The van der Waals surface area contributed by atoms with Gasteiger partial charge in [-0.1, -0.05) is 27.7 Å². The third kappa shape index (κ3) is 61.1. The van der Waals surface area contributed by atoms with Crippen LogP contribution in [0.3, 0.4) is 0 Å². The molecule has 0 aliphatic rings. The molecule has 0 unspecified atom stereocenters. The van der Waals surface area contributed by atoms with Crippen molar-refractivity contribution in [2.24, 2.45) is 11.8 Å². The van der Waals surface area contributed by atoms with E-state index in [1.165, 1.54) is 0 Å². The minimum Gasteiger partial charge on any atom is -0.396 e. The molecule has 84 valence electrons. The fourth-order valence-corrected chi connectivity index (χ4v) is 0. The fourth-order valence-electron chi connectivity index (χ4n) is 0. The van der Waals surface area contributed by atoms with Crippen LogP contribution in [0, 0.1) is 11.8 Å². The van der Waals surface area contributed by atoms with E-state index in [0.29, 0.717) is 25.0 Å². The maximum Gasteiger partial charge on any atom is 0.0453 e. The number of rotatable bonds is 2. The Bertz CT molecular complexity index is 56.1. The van der Waals surface area contributed by atoms with Gasteiger partial charge in [0.2, 0.25) is 0 Å². The molecule has 5 heteroatoms. The van der Waals surface area contributed by atoms with Gasteiger partial charge in [0.05, 0.1) is 0 Å². The molecule has 2 N–H and O–H groups in total. The van der Waals surface area contributed by atoms with Crippen LogP contribution in [0.25, 0.3) is 0 Å². The molecule has 2 nitrogen and oxygen atoms in total. The van der Waals surface area contributed by atoms with E-state index in [9.17, 15) is 0 Å². The number of aliphatic hydroxyl groups excluding tert-OH is 2. The summed E-state index contributed by atoms with van der Waals surface area (Å²) >= 11 is 0. The standard InChI is InChI=1S/2C4H10O.2ClH.Ti/c2*1-4(2)3-5;;;/h2*4-5H,3H2,1-2H3;2*1H;. The van der Waals surface area contributed by atoms with Gasteiger partial charge in [-0.3, -0.25) is 0 Å². The summed E-state index contributed by atoms with van der Waals surface area (Å²) < 4.78 is 0. The van der Waals surface area contributed by atoms with Gasteiger partial charge in [-0.15, -0.1) is 24.8 Å². The van der Waals surface area contributed by atoms with Gasteiger partial charge in [-0.25, -0.2) is 0 Å². The van der Waals surface area contributed by atoms with Crippen LogP contribution in [0.2, 0.25) is 0 Å². The molecule has 0 bridgehead atoms. The SMILES string of the molecule is CC(C)CO.CC(C)CO.Cl.Cl.[Ti]. The normalized spacial score (nSPS) is 7.38. The Kier molecular flexibility index (Phi) is 52.2. The maximum absolute atomic E-state index is 8.14. The van der Waals surface area contributed by atoms with Gasteiger partial charge in [0.1, 0.15) is 0 Å². The third-order valence-corrected chi connectivity index (χ3v) is 0.730. The third-order valence-electron chi connectivity index (χ3n) is 0.730. The van der Waals surface area contributed by atoms with E-state index in [1.54, 1.807) is 0 Å². The Balaban J connectivity index is -0.0000000267. The molecule has 0 atom stereocenters. The first kappa shape index (κ1) is 29.2. The van der Waals surface area contributed by atoms with E-state index in [2.05, 4.69) is 0 Å². The molecule has 0 saturated heterocycles. The molecule has 0 aliphatic carbocycles. The average molecular weight is 269 g/mol. The number of halogens is 2. The van der Waals surface area contributed by atoms with Crippen LogP contribution in [0.4, 0.5) is 0 Å². The quantitative estimate of drug-likeness (QED) is 0.754. The monoisotopic (exact) mass is 268 g/mol. The molecular weight excluding hydrogens is 247 g/mol. The first-order valence-corrected chi connectivity index (χ1v) is 3.76. The predicted molar refractivity (Wildman–Crippen MR) is 58.3 cm³/mol. The number of hydrogen-bond acceptors (Lipinski definition) is 2. The minimum atomic E-state index is 0. The fraction of sp³-hybridized carbons (Fsp3) is 1.00. The zero-order valence-corrected chi connectivity index (χ0v) is 12.0. The predicted octanol–water partition coefficient (Wildman–Crippen LogP) is 2.11. The molecule has 0 aliphatic heterocycles. The van der Waals surface area contributed by atoms with Crippen molar-refractivity contribution in [1.82, 2.24) is 0 Å². The summed E-state index contributed by atoms with van der Waals surface area (Å²) in [5, 5.41) is 16.3. The zero-order chi connectivity index (χ0) is 8.57. The second kappa shape index (κ2) is 23.2. The summed E-state index contributed by atoms with van der Waals surface area (Å²) in [5.74, 6) is 0.880. The topological polar surface area (TPSA) is 40.5 Å². The molecule has 0 radical (unpaired) electrons. The van der Waals surface area contributed by atoms with Gasteiger partial charge in [0.25, 0.3) is 0 Å². The molecule has 0 aromatic rings. The molecule has 0 rings (SSSR count). The zero-order valence-electron chi connectivity index (χ0n) is 8.78. The van der Waals surface area contributed by atoms with E-state index in [-0.39, 0.29) is 46.5 Å². The van der Waals surface area contributed by atoms with Crippen molar-refractivity contribution in [3.05, 3.63) is 0 Å². The van der Waals surface area contributed by atoms with E-state index in [0.717, 1.165) is 0 Å². The van der Waals surface area contributed by atoms with Gasteiger partial charge >= 0.3 is 0 Å². The van der Waals surface area contributed by atoms with Crippen molar-refractivity contribution in [1.29, 1.82) is 0 Å². The number of hydrogen-bond donors (Lipinski definition) is 2. The first-order valence-electron chi connectivity index (χ1n) is 3.76. The van der Waals surface area contributed by atoms with E-state index in [1.807, 2.05) is 27.7 Å². The average Bonchev–Trinajstić information content (AvgIpc) is 1.89. The summed E-state index contributed by atoms with van der Waals surface area (Å²) in [4.78, 5) is 0. The van der Waals surface area contributed by atoms with Gasteiger partial charge in [0, 0.05) is 34.9 Å². The van der Waals surface area contributed by atoms with E-state index in [4.69, 9.17) is 10.2 Å². The van der Waals surface area contributed by atoms with E-state index >= 15 is 0 Å². The Hall–Kier alpha value is 1.21. The molecule has 13 heavy (non-hydrogen) atoms. The van der Waals surface area contributed by atoms with Crippen molar-refractivity contribution in [3.8, 4) is 0 Å². The Morgan fingerprint density at radius 3 is 0.846 bits per heavy atom. The largest absolute Gasteiger partial charge is 0.396 e. The van der Waals surface area contributed by atoms with Gasteiger partial charge in [-0.2, -0.15) is 0 Å². The van der Waals surface area contributed by atoms with Gasteiger partial charge in [-0.05, 0) is 11.8 Å². The Morgan fingerprint density at radius 2 is 0.846 bits per heavy atom. The van der Waals surface area contributed by atoms with Crippen LogP contribution in [0.5, 0.6) is 0 Å². The van der Waals surface area contributed by atoms with Crippen LogP contribution >= 0.6 is 24.8 Å². The molecule has 0 aromatic heterocycles. The van der Waals surface area contributed by atoms with Crippen LogP contribution in [-0.4, -0.2) is 23.4 Å². The van der Waals surface area contributed by atoms with Crippen molar-refractivity contribution >= 4 is 24.8 Å². The second-order valence-electron chi connectivity index (χ2n) is 3.15. The van der Waals surface area contributed by atoms with Crippen molar-refractivity contribution in [3.63, 3.8) is 0 Å². The maximum atomic E-state index is 8.14. The Morgan fingerprint density at radius 1 is 0.769 bits per heavy atom. The van der Waals surface area contributed by atoms with E-state index < -0.39 is 0 Å². The van der Waals surface area contributed by atoms with Crippen molar-refractivity contribution in [2.45, 2.75) is 27.7 Å². The molecular formula is C8H22Cl2O2Ti. The van der Waals surface area contributed by atoms with Crippen LogP contribution in [0.15, 0.2) is 0 Å². The summed E-state index contributed by atoms with van der Waals surface area (Å²) in [6.45, 7) is 8.50. The van der Waals surface area contributed by atoms with Crippen LogP contribution in [0.1, 0.15) is 27.7 Å². The smallest absolute Gasteiger partial charge is 0.0453 e. The molecule has 0 fully saturated rings. The summed E-state index contributed by atoms with van der Waals surface area (Å²) in [5.41, 5.74) is 0. The molecule has 0 saturated carbocycles.